The molecule has 2 aromatic carbocycles. The normalized spacial score (nSPS) is 19.3. The average Bonchev–Trinajstić information content (AvgIpc) is 2.62. The molecule has 2 heteroatoms. The van der Waals surface area contributed by atoms with Gasteiger partial charge in [-0.3, -0.25) is 0 Å². The van der Waals surface area contributed by atoms with E-state index in [0.717, 1.165) is 18.4 Å². The molecule has 2 aromatic rings. The van der Waals surface area contributed by atoms with Crippen molar-refractivity contribution in [2.45, 2.75) is 65.2 Å². The van der Waals surface area contributed by atoms with E-state index in [2.05, 4.69) is 39.0 Å². The Balaban J connectivity index is 2.16. The quantitative estimate of drug-likeness (QED) is 0.554. The molecular formula is C24H31FO. The van der Waals surface area contributed by atoms with Crippen LogP contribution in [0.2, 0.25) is 0 Å². The fourth-order valence-corrected chi connectivity index (χ4v) is 4.50. The summed E-state index contributed by atoms with van der Waals surface area (Å²) < 4.78 is 20.1. The van der Waals surface area contributed by atoms with E-state index in [1.54, 1.807) is 13.2 Å². The lowest BCUT2D eigenvalue weighted by atomic mass is 9.65. The van der Waals surface area contributed by atoms with E-state index in [4.69, 9.17) is 4.74 Å². The lowest BCUT2D eigenvalue weighted by Crippen LogP contribution is -2.26. The van der Waals surface area contributed by atoms with Gasteiger partial charge in [0, 0.05) is 5.56 Å². The summed E-state index contributed by atoms with van der Waals surface area (Å²) in [6.07, 6.45) is 7.16. The molecule has 1 saturated carbocycles. The minimum Gasteiger partial charge on any atom is -0.497 e. The number of aryl methyl sites for hydroxylation is 1. The van der Waals surface area contributed by atoms with Gasteiger partial charge in [-0.2, -0.15) is 0 Å². The number of rotatable bonds is 5. The van der Waals surface area contributed by atoms with Crippen molar-refractivity contribution in [1.82, 2.24) is 0 Å². The van der Waals surface area contributed by atoms with Gasteiger partial charge in [0.2, 0.25) is 0 Å². The summed E-state index contributed by atoms with van der Waals surface area (Å²) in [5, 5.41) is 0. The van der Waals surface area contributed by atoms with Crippen LogP contribution in [0.1, 0.15) is 69.9 Å². The van der Waals surface area contributed by atoms with E-state index >= 15 is 0 Å². The second kappa shape index (κ2) is 7.82. The maximum atomic E-state index is 14.7. The highest BCUT2D eigenvalue weighted by Crippen LogP contribution is 2.49. The van der Waals surface area contributed by atoms with Crippen LogP contribution in [0.25, 0.3) is 11.1 Å². The number of halogens is 1. The molecule has 1 aliphatic carbocycles. The number of ether oxygens (including phenoxy) is 1. The smallest absolute Gasteiger partial charge is 0.131 e. The largest absolute Gasteiger partial charge is 0.497 e. The number of hydrogen-bond donors (Lipinski definition) is 0. The van der Waals surface area contributed by atoms with Crippen LogP contribution in [0, 0.1) is 11.2 Å². The van der Waals surface area contributed by atoms with E-state index in [0.29, 0.717) is 17.2 Å². The van der Waals surface area contributed by atoms with Gasteiger partial charge in [-0.1, -0.05) is 58.2 Å². The molecule has 140 valence electrons. The van der Waals surface area contributed by atoms with Crippen molar-refractivity contribution in [2.75, 3.05) is 7.11 Å². The van der Waals surface area contributed by atoms with E-state index in [-0.39, 0.29) is 11.2 Å². The Morgan fingerprint density at radius 1 is 1.08 bits per heavy atom. The molecule has 3 rings (SSSR count). The van der Waals surface area contributed by atoms with Crippen LogP contribution in [0.15, 0.2) is 36.4 Å². The maximum absolute atomic E-state index is 14.7. The maximum Gasteiger partial charge on any atom is 0.131 e. The highest BCUT2D eigenvalue weighted by Gasteiger charge is 2.35. The predicted molar refractivity (Wildman–Crippen MR) is 107 cm³/mol. The topological polar surface area (TPSA) is 9.23 Å². The van der Waals surface area contributed by atoms with Gasteiger partial charge in [-0.15, -0.1) is 0 Å². The standard InChI is InChI=1S/C24H31FO/c1-5-8-17-10-12-19(21-16-18(26-4)11-13-23(21)25)20(15-17)22-9-6-7-14-24(22,2)3/h10-13,15-16,22H,5-9,14H2,1-4H3/t22-/m0/s1. The predicted octanol–water partition coefficient (Wildman–Crippen LogP) is 7.14. The highest BCUT2D eigenvalue weighted by atomic mass is 19.1. The van der Waals surface area contributed by atoms with Crippen LogP contribution in [0.3, 0.4) is 0 Å². The van der Waals surface area contributed by atoms with Gasteiger partial charge in [-0.25, -0.2) is 4.39 Å². The summed E-state index contributed by atoms with van der Waals surface area (Å²) in [7, 11) is 1.63. The van der Waals surface area contributed by atoms with Gasteiger partial charge >= 0.3 is 0 Å². The van der Waals surface area contributed by atoms with Crippen molar-refractivity contribution in [3.8, 4) is 16.9 Å². The third-order valence-corrected chi connectivity index (χ3v) is 6.00. The molecule has 1 aliphatic rings. The molecule has 0 heterocycles. The summed E-state index contributed by atoms with van der Waals surface area (Å²) in [6, 6.07) is 11.7. The molecule has 1 nitrogen and oxygen atoms in total. The molecule has 1 fully saturated rings. The van der Waals surface area contributed by atoms with Gasteiger partial charge < -0.3 is 4.74 Å². The minimum absolute atomic E-state index is 0.177. The third kappa shape index (κ3) is 3.79. The van der Waals surface area contributed by atoms with Gasteiger partial charge in [0.15, 0.2) is 0 Å². The molecule has 1 atom stereocenters. The highest BCUT2D eigenvalue weighted by molar-refractivity contribution is 5.71. The van der Waals surface area contributed by atoms with Crippen LogP contribution in [0.4, 0.5) is 4.39 Å². The summed E-state index contributed by atoms with van der Waals surface area (Å²) in [4.78, 5) is 0. The SMILES string of the molecule is CCCc1ccc(-c2cc(OC)ccc2F)c([C@@H]2CCCCC2(C)C)c1. The fourth-order valence-electron chi connectivity index (χ4n) is 4.50. The second-order valence-corrected chi connectivity index (χ2v) is 8.30. The lowest BCUT2D eigenvalue weighted by molar-refractivity contribution is 0.200. The molecular weight excluding hydrogens is 323 g/mol. The summed E-state index contributed by atoms with van der Waals surface area (Å²) in [5.74, 6) is 0.991. The van der Waals surface area contributed by atoms with Crippen molar-refractivity contribution in [1.29, 1.82) is 0 Å². The van der Waals surface area contributed by atoms with Crippen molar-refractivity contribution >= 4 is 0 Å². The first-order chi connectivity index (χ1) is 12.5. The fraction of sp³-hybridized carbons (Fsp3) is 0.500. The van der Waals surface area contributed by atoms with Gasteiger partial charge in [0.1, 0.15) is 11.6 Å². The van der Waals surface area contributed by atoms with E-state index in [1.807, 2.05) is 6.07 Å². The summed E-state index contributed by atoms with van der Waals surface area (Å²) >= 11 is 0. The average molecular weight is 355 g/mol. The van der Waals surface area contributed by atoms with Gasteiger partial charge in [0.25, 0.3) is 0 Å². The summed E-state index contributed by atoms with van der Waals surface area (Å²) in [6.45, 7) is 6.95. The van der Waals surface area contributed by atoms with Crippen LogP contribution in [-0.4, -0.2) is 7.11 Å². The molecule has 0 N–H and O–H groups in total. The van der Waals surface area contributed by atoms with E-state index in [1.165, 1.54) is 42.9 Å². The molecule has 0 radical (unpaired) electrons. The van der Waals surface area contributed by atoms with Gasteiger partial charge in [0.05, 0.1) is 7.11 Å². The Labute approximate surface area is 157 Å². The minimum atomic E-state index is -0.177. The van der Waals surface area contributed by atoms with Crippen molar-refractivity contribution < 1.29 is 9.13 Å². The lowest BCUT2D eigenvalue weighted by Gasteiger charge is -2.40. The van der Waals surface area contributed by atoms with Crippen LogP contribution >= 0.6 is 0 Å². The Hall–Kier alpha value is -1.83. The van der Waals surface area contributed by atoms with E-state index < -0.39 is 0 Å². The third-order valence-electron chi connectivity index (χ3n) is 6.00. The van der Waals surface area contributed by atoms with Crippen molar-refractivity contribution in [3.05, 3.63) is 53.3 Å². The Morgan fingerprint density at radius 2 is 1.88 bits per heavy atom. The van der Waals surface area contributed by atoms with Gasteiger partial charge in [-0.05, 0) is 65.5 Å². The number of benzene rings is 2. The molecule has 0 saturated heterocycles. The van der Waals surface area contributed by atoms with Crippen LogP contribution in [-0.2, 0) is 6.42 Å². The Bertz CT molecular complexity index is 763. The van der Waals surface area contributed by atoms with Crippen LogP contribution < -0.4 is 4.74 Å². The Morgan fingerprint density at radius 3 is 2.58 bits per heavy atom. The molecule has 0 unspecified atom stereocenters. The first-order valence-electron chi connectivity index (χ1n) is 9.93. The zero-order valence-electron chi connectivity index (χ0n) is 16.6. The molecule has 26 heavy (non-hydrogen) atoms. The van der Waals surface area contributed by atoms with Crippen LogP contribution in [0.5, 0.6) is 5.75 Å². The molecule has 0 aliphatic heterocycles. The molecule has 0 amide bonds. The first-order valence-corrected chi connectivity index (χ1v) is 9.93. The first kappa shape index (κ1) is 18.9. The molecule has 0 aromatic heterocycles. The van der Waals surface area contributed by atoms with Crippen molar-refractivity contribution in [2.24, 2.45) is 5.41 Å². The zero-order valence-corrected chi connectivity index (χ0v) is 16.6. The van der Waals surface area contributed by atoms with E-state index in [9.17, 15) is 4.39 Å². The second-order valence-electron chi connectivity index (χ2n) is 8.30. The number of methoxy groups -OCH3 is 1. The zero-order chi connectivity index (χ0) is 18.7. The molecule has 0 bridgehead atoms. The monoisotopic (exact) mass is 354 g/mol. The number of hydrogen-bond acceptors (Lipinski definition) is 1. The van der Waals surface area contributed by atoms with Crippen molar-refractivity contribution in [3.63, 3.8) is 0 Å². The molecule has 0 spiro atoms. The Kier molecular flexibility index (Phi) is 5.70. The summed E-state index contributed by atoms with van der Waals surface area (Å²) in [5.41, 5.74) is 4.60.